The van der Waals surface area contributed by atoms with Gasteiger partial charge in [0.1, 0.15) is 5.75 Å². The summed E-state index contributed by atoms with van der Waals surface area (Å²) in [5, 5.41) is 6.17. The third-order valence-corrected chi connectivity index (χ3v) is 2.67. The standard InChI is InChI=1S/C14H20N4O2/c1-2-3-11-20-13-7-5-12(6-8-13)14(19)16-9-4-10-17-18-15/h5-8H,2-4,9-11H2,1H3,(H,16,19). The Bertz CT molecular complexity index is 453. The van der Waals surface area contributed by atoms with Gasteiger partial charge in [0.15, 0.2) is 0 Å². The van der Waals surface area contributed by atoms with Crippen molar-refractivity contribution in [1.29, 1.82) is 0 Å². The molecule has 108 valence electrons. The van der Waals surface area contributed by atoms with Gasteiger partial charge in [0.25, 0.3) is 5.91 Å². The second-order valence-corrected chi connectivity index (χ2v) is 4.29. The number of hydrogen-bond acceptors (Lipinski definition) is 3. The van der Waals surface area contributed by atoms with Gasteiger partial charge in [-0.1, -0.05) is 18.5 Å². The Morgan fingerprint density at radius 1 is 1.35 bits per heavy atom. The van der Waals surface area contributed by atoms with Crippen LogP contribution in [0, 0.1) is 0 Å². The van der Waals surface area contributed by atoms with Crippen LogP contribution in [0.1, 0.15) is 36.5 Å². The van der Waals surface area contributed by atoms with Crippen LogP contribution in [0.5, 0.6) is 5.75 Å². The van der Waals surface area contributed by atoms with Gasteiger partial charge in [-0.05, 0) is 42.6 Å². The van der Waals surface area contributed by atoms with Gasteiger partial charge in [-0.15, -0.1) is 0 Å². The van der Waals surface area contributed by atoms with E-state index in [1.165, 1.54) is 0 Å². The molecule has 6 heteroatoms. The minimum absolute atomic E-state index is 0.133. The predicted octanol–water partition coefficient (Wildman–Crippen LogP) is 3.30. The average Bonchev–Trinajstić information content (AvgIpc) is 2.48. The van der Waals surface area contributed by atoms with Crippen LogP contribution in [0.3, 0.4) is 0 Å². The first-order valence-electron chi connectivity index (χ1n) is 6.80. The first-order chi connectivity index (χ1) is 9.77. The third kappa shape index (κ3) is 6.11. The number of ether oxygens (including phenoxy) is 1. The first-order valence-corrected chi connectivity index (χ1v) is 6.80. The topological polar surface area (TPSA) is 87.1 Å². The van der Waals surface area contributed by atoms with Crippen LogP contribution >= 0.6 is 0 Å². The van der Waals surface area contributed by atoms with Gasteiger partial charge in [0.05, 0.1) is 6.61 Å². The zero-order chi connectivity index (χ0) is 14.6. The van der Waals surface area contributed by atoms with E-state index in [4.69, 9.17) is 10.3 Å². The number of carbonyl (C=O) groups is 1. The molecule has 0 saturated heterocycles. The number of benzene rings is 1. The summed E-state index contributed by atoms with van der Waals surface area (Å²) in [6.07, 6.45) is 2.75. The van der Waals surface area contributed by atoms with Gasteiger partial charge < -0.3 is 10.1 Å². The van der Waals surface area contributed by atoms with E-state index >= 15 is 0 Å². The van der Waals surface area contributed by atoms with Crippen molar-refractivity contribution in [3.05, 3.63) is 40.3 Å². The van der Waals surface area contributed by atoms with Gasteiger partial charge >= 0.3 is 0 Å². The molecule has 1 rings (SSSR count). The molecule has 1 aromatic rings. The van der Waals surface area contributed by atoms with E-state index in [9.17, 15) is 4.79 Å². The molecule has 20 heavy (non-hydrogen) atoms. The molecule has 0 bridgehead atoms. The molecule has 0 atom stereocenters. The highest BCUT2D eigenvalue weighted by Gasteiger charge is 2.04. The van der Waals surface area contributed by atoms with Crippen LogP contribution < -0.4 is 10.1 Å². The summed E-state index contributed by atoms with van der Waals surface area (Å²) >= 11 is 0. The molecule has 0 aliphatic heterocycles. The number of hydrogen-bond donors (Lipinski definition) is 1. The molecule has 0 aliphatic rings. The number of amides is 1. The Morgan fingerprint density at radius 2 is 2.10 bits per heavy atom. The lowest BCUT2D eigenvalue weighted by Gasteiger charge is -2.07. The Labute approximate surface area is 118 Å². The molecule has 1 amide bonds. The highest BCUT2D eigenvalue weighted by molar-refractivity contribution is 5.94. The van der Waals surface area contributed by atoms with Gasteiger partial charge in [-0.2, -0.15) is 0 Å². The molecule has 0 heterocycles. The SMILES string of the molecule is CCCCOc1ccc(C(=O)NCCCN=[N+]=[N-])cc1. The molecule has 0 aliphatic carbocycles. The second-order valence-electron chi connectivity index (χ2n) is 4.29. The summed E-state index contributed by atoms with van der Waals surface area (Å²) in [6, 6.07) is 7.07. The van der Waals surface area contributed by atoms with Crippen LogP contribution in [0.2, 0.25) is 0 Å². The van der Waals surface area contributed by atoms with Gasteiger partial charge in [0.2, 0.25) is 0 Å². The fourth-order valence-corrected chi connectivity index (χ4v) is 1.54. The van der Waals surface area contributed by atoms with E-state index < -0.39 is 0 Å². The normalized spacial score (nSPS) is 9.65. The molecular formula is C14H20N4O2. The summed E-state index contributed by atoms with van der Waals surface area (Å²) in [7, 11) is 0. The highest BCUT2D eigenvalue weighted by Crippen LogP contribution is 2.12. The maximum absolute atomic E-state index is 11.8. The third-order valence-electron chi connectivity index (χ3n) is 2.67. The lowest BCUT2D eigenvalue weighted by Crippen LogP contribution is -2.24. The van der Waals surface area contributed by atoms with E-state index in [1.54, 1.807) is 24.3 Å². The van der Waals surface area contributed by atoms with Crippen molar-refractivity contribution in [2.24, 2.45) is 5.11 Å². The number of nitrogens with zero attached hydrogens (tertiary/aromatic N) is 3. The molecular weight excluding hydrogens is 256 g/mol. The Hall–Kier alpha value is -2.20. The number of unbranched alkanes of at least 4 members (excludes halogenated alkanes) is 1. The van der Waals surface area contributed by atoms with Gasteiger partial charge in [-0.3, -0.25) is 4.79 Å². The van der Waals surface area contributed by atoms with Crippen molar-refractivity contribution < 1.29 is 9.53 Å². The lowest BCUT2D eigenvalue weighted by molar-refractivity contribution is 0.0953. The van der Waals surface area contributed by atoms with Crippen molar-refractivity contribution >= 4 is 5.91 Å². The van der Waals surface area contributed by atoms with E-state index in [0.29, 0.717) is 31.7 Å². The minimum Gasteiger partial charge on any atom is -0.494 e. The smallest absolute Gasteiger partial charge is 0.251 e. The fraction of sp³-hybridized carbons (Fsp3) is 0.500. The lowest BCUT2D eigenvalue weighted by atomic mass is 10.2. The van der Waals surface area contributed by atoms with Crippen LogP contribution in [-0.2, 0) is 0 Å². The molecule has 0 unspecified atom stereocenters. The monoisotopic (exact) mass is 276 g/mol. The average molecular weight is 276 g/mol. The van der Waals surface area contributed by atoms with E-state index in [-0.39, 0.29) is 5.91 Å². The molecule has 1 N–H and O–H groups in total. The zero-order valence-electron chi connectivity index (χ0n) is 11.7. The zero-order valence-corrected chi connectivity index (χ0v) is 11.7. The van der Waals surface area contributed by atoms with Crippen molar-refractivity contribution in [3.63, 3.8) is 0 Å². The molecule has 0 saturated carbocycles. The number of carbonyl (C=O) groups excluding carboxylic acids is 1. The van der Waals surface area contributed by atoms with Crippen LogP contribution in [0.25, 0.3) is 10.4 Å². The Morgan fingerprint density at radius 3 is 2.75 bits per heavy atom. The summed E-state index contributed by atoms with van der Waals surface area (Å²) in [5.41, 5.74) is 8.71. The number of rotatable bonds is 9. The van der Waals surface area contributed by atoms with Gasteiger partial charge in [-0.25, -0.2) is 0 Å². The van der Waals surface area contributed by atoms with Crippen molar-refractivity contribution in [1.82, 2.24) is 5.32 Å². The summed E-state index contributed by atoms with van der Waals surface area (Å²) in [4.78, 5) is 14.4. The molecule has 0 fully saturated rings. The van der Waals surface area contributed by atoms with E-state index in [0.717, 1.165) is 18.6 Å². The minimum atomic E-state index is -0.133. The fourth-order valence-electron chi connectivity index (χ4n) is 1.54. The van der Waals surface area contributed by atoms with Crippen LogP contribution in [-0.4, -0.2) is 25.6 Å². The number of azide groups is 1. The predicted molar refractivity (Wildman–Crippen MR) is 77.8 cm³/mol. The molecule has 1 aromatic carbocycles. The summed E-state index contributed by atoms with van der Waals surface area (Å²) < 4.78 is 5.53. The van der Waals surface area contributed by atoms with E-state index in [1.807, 2.05) is 0 Å². The van der Waals surface area contributed by atoms with Crippen molar-refractivity contribution in [2.45, 2.75) is 26.2 Å². The second kappa shape index (κ2) is 9.69. The summed E-state index contributed by atoms with van der Waals surface area (Å²) in [6.45, 7) is 3.69. The van der Waals surface area contributed by atoms with Crippen molar-refractivity contribution in [2.75, 3.05) is 19.7 Å². The Kier molecular flexibility index (Phi) is 7.69. The molecule has 0 radical (unpaired) electrons. The molecule has 0 spiro atoms. The molecule has 6 nitrogen and oxygen atoms in total. The number of nitrogens with one attached hydrogen (secondary N) is 1. The van der Waals surface area contributed by atoms with Crippen LogP contribution in [0.4, 0.5) is 0 Å². The van der Waals surface area contributed by atoms with E-state index in [2.05, 4.69) is 22.3 Å². The van der Waals surface area contributed by atoms with Crippen molar-refractivity contribution in [3.8, 4) is 5.75 Å². The maximum Gasteiger partial charge on any atom is 0.251 e. The maximum atomic E-state index is 11.8. The Balaban J connectivity index is 2.35. The molecule has 0 aromatic heterocycles. The quantitative estimate of drug-likeness (QED) is 0.324. The summed E-state index contributed by atoms with van der Waals surface area (Å²) in [5.74, 6) is 0.643. The first kappa shape index (κ1) is 15.9. The van der Waals surface area contributed by atoms with Crippen LogP contribution in [0.15, 0.2) is 29.4 Å². The highest BCUT2D eigenvalue weighted by atomic mass is 16.5. The largest absolute Gasteiger partial charge is 0.494 e. The van der Waals surface area contributed by atoms with Gasteiger partial charge in [0, 0.05) is 23.6 Å².